The van der Waals surface area contributed by atoms with Gasteiger partial charge in [0.2, 0.25) is 5.91 Å². The third kappa shape index (κ3) is 3.32. The average Bonchev–Trinajstić information content (AvgIpc) is 2.78. The van der Waals surface area contributed by atoms with Crippen molar-refractivity contribution in [1.29, 1.82) is 0 Å². The fourth-order valence-electron chi connectivity index (χ4n) is 2.88. The molecule has 1 aromatic carbocycles. The van der Waals surface area contributed by atoms with E-state index in [4.69, 9.17) is 4.74 Å². The minimum absolute atomic E-state index is 0.0207. The molecule has 0 atom stereocenters. The molecule has 0 bridgehead atoms. The Labute approximate surface area is 141 Å². The van der Waals surface area contributed by atoms with Crippen molar-refractivity contribution in [3.05, 3.63) is 46.9 Å². The van der Waals surface area contributed by atoms with Crippen LogP contribution in [0.15, 0.2) is 24.3 Å². The van der Waals surface area contributed by atoms with E-state index in [9.17, 15) is 4.79 Å². The van der Waals surface area contributed by atoms with Crippen LogP contribution in [0.4, 0.5) is 5.82 Å². The van der Waals surface area contributed by atoms with Crippen LogP contribution in [0.25, 0.3) is 0 Å². The third-order valence-electron chi connectivity index (χ3n) is 4.20. The molecule has 1 aliphatic rings. The molecule has 2 heterocycles. The predicted molar refractivity (Wildman–Crippen MR) is 92.3 cm³/mol. The molecule has 6 heteroatoms. The molecule has 0 aliphatic carbocycles. The minimum Gasteiger partial charge on any atom is -0.487 e. The van der Waals surface area contributed by atoms with Crippen LogP contribution in [0.2, 0.25) is 0 Å². The Morgan fingerprint density at radius 1 is 1.33 bits per heavy atom. The number of carbonyl (C=O) groups is 1. The number of hydrogen-bond acceptors (Lipinski definition) is 5. The minimum atomic E-state index is 0.0207. The smallest absolute Gasteiger partial charge is 0.221 e. The van der Waals surface area contributed by atoms with E-state index in [0.29, 0.717) is 25.4 Å². The fourth-order valence-corrected chi connectivity index (χ4v) is 2.88. The van der Waals surface area contributed by atoms with Crippen molar-refractivity contribution >= 4 is 11.7 Å². The standard InChI is InChI=1S/C18H22N4O2/c1-12-20-15-11-24-16-7-5-4-6-13(16)10-14(15)18(21-12)22(3)9-8-17(23)19-2/h4-7H,8-11H2,1-3H3,(H,19,23). The second-order valence-corrected chi connectivity index (χ2v) is 5.94. The molecule has 3 rings (SSSR count). The Bertz CT molecular complexity index is 761. The third-order valence-corrected chi connectivity index (χ3v) is 4.20. The van der Waals surface area contributed by atoms with Crippen molar-refractivity contribution in [3.63, 3.8) is 0 Å². The fraction of sp³-hybridized carbons (Fsp3) is 0.389. The molecule has 126 valence electrons. The molecular weight excluding hydrogens is 304 g/mol. The Morgan fingerprint density at radius 2 is 2.12 bits per heavy atom. The van der Waals surface area contributed by atoms with Crippen LogP contribution >= 0.6 is 0 Å². The van der Waals surface area contributed by atoms with Gasteiger partial charge < -0.3 is 15.0 Å². The highest BCUT2D eigenvalue weighted by atomic mass is 16.5. The lowest BCUT2D eigenvalue weighted by Crippen LogP contribution is -2.28. The lowest BCUT2D eigenvalue weighted by Gasteiger charge is -2.22. The second kappa shape index (κ2) is 6.86. The first-order chi connectivity index (χ1) is 11.6. The van der Waals surface area contributed by atoms with Gasteiger partial charge in [0.25, 0.3) is 0 Å². The van der Waals surface area contributed by atoms with Crippen molar-refractivity contribution in [1.82, 2.24) is 15.3 Å². The largest absolute Gasteiger partial charge is 0.487 e. The first-order valence-corrected chi connectivity index (χ1v) is 8.07. The molecule has 0 spiro atoms. The molecule has 0 radical (unpaired) electrons. The zero-order chi connectivity index (χ0) is 17.1. The van der Waals surface area contributed by atoms with E-state index in [-0.39, 0.29) is 5.91 Å². The van der Waals surface area contributed by atoms with Gasteiger partial charge in [0.05, 0.1) is 5.69 Å². The van der Waals surface area contributed by atoms with Crippen LogP contribution in [-0.4, -0.2) is 36.5 Å². The number of hydrogen-bond donors (Lipinski definition) is 1. The van der Waals surface area contributed by atoms with Crippen LogP contribution in [0.5, 0.6) is 5.75 Å². The van der Waals surface area contributed by atoms with Crippen LogP contribution in [-0.2, 0) is 17.8 Å². The van der Waals surface area contributed by atoms with Gasteiger partial charge in [0.1, 0.15) is 24.0 Å². The van der Waals surface area contributed by atoms with Crippen molar-refractivity contribution < 1.29 is 9.53 Å². The summed E-state index contributed by atoms with van der Waals surface area (Å²) in [6.07, 6.45) is 1.16. The second-order valence-electron chi connectivity index (χ2n) is 5.94. The van der Waals surface area contributed by atoms with Gasteiger partial charge in [-0.15, -0.1) is 0 Å². The van der Waals surface area contributed by atoms with Crippen LogP contribution in [0, 0.1) is 6.92 Å². The molecule has 1 aromatic heterocycles. The highest BCUT2D eigenvalue weighted by molar-refractivity contribution is 5.76. The van der Waals surface area contributed by atoms with Crippen molar-refractivity contribution in [2.75, 3.05) is 25.5 Å². The summed E-state index contributed by atoms with van der Waals surface area (Å²) < 4.78 is 5.91. The number of aromatic nitrogens is 2. The summed E-state index contributed by atoms with van der Waals surface area (Å²) in [4.78, 5) is 22.8. The number of benzene rings is 1. The number of anilines is 1. The molecule has 0 fully saturated rings. The summed E-state index contributed by atoms with van der Waals surface area (Å²) in [5, 5.41) is 2.65. The lowest BCUT2D eigenvalue weighted by atomic mass is 10.0. The maximum Gasteiger partial charge on any atom is 0.221 e. The molecule has 2 aromatic rings. The molecule has 0 saturated heterocycles. The monoisotopic (exact) mass is 326 g/mol. The molecule has 1 amide bonds. The number of amides is 1. The highest BCUT2D eigenvalue weighted by Crippen LogP contribution is 2.31. The van der Waals surface area contributed by atoms with E-state index in [0.717, 1.165) is 34.8 Å². The summed E-state index contributed by atoms with van der Waals surface area (Å²) in [5.41, 5.74) is 3.12. The SMILES string of the molecule is CNC(=O)CCN(C)c1nc(C)nc2c1Cc1ccccc1OC2. The normalized spacial score (nSPS) is 12.5. The van der Waals surface area contributed by atoms with Gasteiger partial charge in [-0.3, -0.25) is 4.79 Å². The predicted octanol–water partition coefficient (Wildman–Crippen LogP) is 1.84. The summed E-state index contributed by atoms with van der Waals surface area (Å²) in [7, 11) is 3.61. The van der Waals surface area contributed by atoms with E-state index < -0.39 is 0 Å². The van der Waals surface area contributed by atoms with E-state index in [1.54, 1.807) is 7.05 Å². The van der Waals surface area contributed by atoms with Crippen molar-refractivity contribution in [2.24, 2.45) is 0 Å². The summed E-state index contributed by atoms with van der Waals surface area (Å²) in [5.74, 6) is 2.51. The first-order valence-electron chi connectivity index (χ1n) is 8.07. The zero-order valence-corrected chi connectivity index (χ0v) is 14.3. The van der Waals surface area contributed by atoms with Crippen molar-refractivity contribution in [2.45, 2.75) is 26.4 Å². The van der Waals surface area contributed by atoms with Gasteiger partial charge in [-0.1, -0.05) is 18.2 Å². The number of aryl methyl sites for hydroxylation is 1. The van der Waals surface area contributed by atoms with E-state index in [1.807, 2.05) is 37.1 Å². The first kappa shape index (κ1) is 16.2. The van der Waals surface area contributed by atoms with Gasteiger partial charge in [0, 0.05) is 39.0 Å². The molecule has 1 aliphatic heterocycles. The van der Waals surface area contributed by atoms with Crippen LogP contribution < -0.4 is 15.0 Å². The van der Waals surface area contributed by atoms with Crippen LogP contribution in [0.1, 0.15) is 29.1 Å². The summed E-state index contributed by atoms with van der Waals surface area (Å²) >= 11 is 0. The quantitative estimate of drug-likeness (QED) is 0.928. The number of para-hydroxylation sites is 1. The molecule has 6 nitrogen and oxygen atoms in total. The number of nitrogens with one attached hydrogen (secondary N) is 1. The topological polar surface area (TPSA) is 67.4 Å². The Hall–Kier alpha value is -2.63. The Balaban J connectivity index is 1.94. The number of rotatable bonds is 4. The van der Waals surface area contributed by atoms with Gasteiger partial charge in [-0.2, -0.15) is 0 Å². The average molecular weight is 326 g/mol. The maximum absolute atomic E-state index is 11.5. The van der Waals surface area contributed by atoms with Gasteiger partial charge in [0.15, 0.2) is 0 Å². The number of ether oxygens (including phenoxy) is 1. The molecule has 0 unspecified atom stereocenters. The van der Waals surface area contributed by atoms with Gasteiger partial charge >= 0.3 is 0 Å². The highest BCUT2D eigenvalue weighted by Gasteiger charge is 2.21. The molecular formula is C18H22N4O2. The van der Waals surface area contributed by atoms with Crippen LogP contribution in [0.3, 0.4) is 0 Å². The van der Waals surface area contributed by atoms with E-state index in [1.165, 1.54) is 0 Å². The number of nitrogens with zero attached hydrogens (tertiary/aromatic N) is 3. The maximum atomic E-state index is 11.5. The number of carbonyl (C=O) groups excluding carboxylic acids is 1. The number of fused-ring (bicyclic) bond motifs is 2. The Kier molecular flexibility index (Phi) is 4.64. The summed E-state index contributed by atoms with van der Waals surface area (Å²) in [6.45, 7) is 2.92. The molecule has 24 heavy (non-hydrogen) atoms. The Morgan fingerprint density at radius 3 is 2.92 bits per heavy atom. The summed E-state index contributed by atoms with van der Waals surface area (Å²) in [6, 6.07) is 8.04. The van der Waals surface area contributed by atoms with Crippen molar-refractivity contribution in [3.8, 4) is 5.75 Å². The van der Waals surface area contributed by atoms with E-state index >= 15 is 0 Å². The van der Waals surface area contributed by atoms with Gasteiger partial charge in [-0.25, -0.2) is 9.97 Å². The van der Waals surface area contributed by atoms with E-state index in [2.05, 4.69) is 21.4 Å². The molecule has 1 N–H and O–H groups in total. The zero-order valence-electron chi connectivity index (χ0n) is 14.3. The molecule has 0 saturated carbocycles. The lowest BCUT2D eigenvalue weighted by molar-refractivity contribution is -0.120. The van der Waals surface area contributed by atoms with Gasteiger partial charge in [-0.05, 0) is 18.6 Å².